The highest BCUT2D eigenvalue weighted by Gasteiger charge is 2.33. The number of halogens is 3. The van der Waals surface area contributed by atoms with Crippen molar-refractivity contribution < 1.29 is 37.7 Å². The topological polar surface area (TPSA) is 88.9 Å². The Balaban J connectivity index is 3.24. The van der Waals surface area contributed by atoms with Gasteiger partial charge in [-0.15, -0.1) is 13.2 Å². The van der Waals surface area contributed by atoms with Gasteiger partial charge in [0.1, 0.15) is 0 Å². The zero-order valence-electron chi connectivity index (χ0n) is 8.28. The third kappa shape index (κ3) is 3.13. The van der Waals surface area contributed by atoms with Crippen molar-refractivity contribution in [1.29, 1.82) is 0 Å². The molecule has 6 nitrogen and oxygen atoms in total. The number of hydrogen-bond acceptors (Lipinski definition) is 5. The lowest BCUT2D eigenvalue weighted by molar-refractivity contribution is -0.275. The molecular weight excluding hydrogens is 247 g/mol. The highest BCUT2D eigenvalue weighted by molar-refractivity contribution is 5.88. The predicted molar refractivity (Wildman–Crippen MR) is 46.1 cm³/mol. The summed E-state index contributed by atoms with van der Waals surface area (Å²) in [6.07, 6.45) is -5.01. The van der Waals surface area contributed by atoms with Crippen molar-refractivity contribution >= 4 is 5.97 Å². The molecular formula is C8H6F3NO5. The Morgan fingerprint density at radius 3 is 2.47 bits per heavy atom. The molecule has 0 fully saturated rings. The van der Waals surface area contributed by atoms with Crippen molar-refractivity contribution in [2.45, 2.75) is 6.36 Å². The summed E-state index contributed by atoms with van der Waals surface area (Å²) in [4.78, 5) is 13.7. The molecule has 0 aliphatic heterocycles. The lowest BCUT2D eigenvalue weighted by Gasteiger charge is -2.12. The molecule has 0 bridgehead atoms. The van der Waals surface area contributed by atoms with Gasteiger partial charge in [0.05, 0.1) is 7.11 Å². The van der Waals surface area contributed by atoms with Crippen LogP contribution in [0.1, 0.15) is 10.5 Å². The van der Waals surface area contributed by atoms with Crippen molar-refractivity contribution in [3.05, 3.63) is 11.8 Å². The van der Waals surface area contributed by atoms with Crippen LogP contribution in [0.25, 0.3) is 0 Å². The Labute approximate surface area is 92.2 Å². The average molecular weight is 253 g/mol. The van der Waals surface area contributed by atoms with Gasteiger partial charge >= 0.3 is 12.3 Å². The first kappa shape index (κ1) is 12.9. The van der Waals surface area contributed by atoms with Gasteiger partial charge in [-0.25, -0.2) is 4.79 Å². The van der Waals surface area contributed by atoms with Crippen molar-refractivity contribution in [3.8, 4) is 17.4 Å². The van der Waals surface area contributed by atoms with Crippen LogP contribution in [0.4, 0.5) is 13.2 Å². The molecule has 0 unspecified atom stereocenters. The highest BCUT2D eigenvalue weighted by Crippen LogP contribution is 2.34. The Kier molecular flexibility index (Phi) is 3.30. The summed E-state index contributed by atoms with van der Waals surface area (Å²) in [5, 5.41) is 17.7. The Morgan fingerprint density at radius 1 is 1.47 bits per heavy atom. The van der Waals surface area contributed by atoms with Crippen molar-refractivity contribution in [2.75, 3.05) is 7.11 Å². The minimum absolute atomic E-state index is 0.461. The van der Waals surface area contributed by atoms with E-state index in [0.29, 0.717) is 6.07 Å². The van der Waals surface area contributed by atoms with Gasteiger partial charge in [0.15, 0.2) is 17.2 Å². The molecule has 9 heteroatoms. The fourth-order valence-electron chi connectivity index (χ4n) is 0.970. The van der Waals surface area contributed by atoms with E-state index < -0.39 is 35.4 Å². The number of methoxy groups -OCH3 is 1. The van der Waals surface area contributed by atoms with Gasteiger partial charge in [0.25, 0.3) is 5.88 Å². The molecule has 2 N–H and O–H groups in total. The number of carboxylic acids is 1. The second-order valence-electron chi connectivity index (χ2n) is 2.72. The maximum Gasteiger partial charge on any atom is 0.573 e. The number of alkyl halides is 3. The van der Waals surface area contributed by atoms with E-state index in [2.05, 4.69) is 14.5 Å². The molecule has 94 valence electrons. The zero-order valence-corrected chi connectivity index (χ0v) is 8.28. The van der Waals surface area contributed by atoms with Crippen LogP contribution < -0.4 is 9.47 Å². The van der Waals surface area contributed by atoms with Crippen LogP contribution in [0.15, 0.2) is 6.07 Å². The fraction of sp³-hybridized carbons (Fsp3) is 0.250. The van der Waals surface area contributed by atoms with Crippen LogP contribution in [-0.4, -0.2) is 34.6 Å². The maximum absolute atomic E-state index is 11.9. The molecule has 1 aromatic rings. The molecule has 0 aromatic carbocycles. The van der Waals surface area contributed by atoms with Crippen molar-refractivity contribution in [3.63, 3.8) is 0 Å². The normalized spacial score (nSPS) is 11.1. The fourth-order valence-corrected chi connectivity index (χ4v) is 0.970. The van der Waals surface area contributed by atoms with Crippen LogP contribution in [0.5, 0.6) is 17.4 Å². The molecule has 1 heterocycles. The second-order valence-corrected chi connectivity index (χ2v) is 2.72. The van der Waals surface area contributed by atoms with Crippen molar-refractivity contribution in [2.24, 2.45) is 0 Å². The summed E-state index contributed by atoms with van der Waals surface area (Å²) in [5.41, 5.74) is -0.837. The molecule has 1 aromatic heterocycles. The van der Waals surface area contributed by atoms with Gasteiger partial charge in [-0.2, -0.15) is 4.98 Å². The third-order valence-electron chi connectivity index (χ3n) is 1.56. The Bertz CT molecular complexity index is 446. The molecule has 0 atom stereocenters. The van der Waals surface area contributed by atoms with Crippen LogP contribution >= 0.6 is 0 Å². The summed E-state index contributed by atoms with van der Waals surface area (Å²) >= 11 is 0. The van der Waals surface area contributed by atoms with Gasteiger partial charge in [-0.05, 0) is 0 Å². The first-order valence-electron chi connectivity index (χ1n) is 4.01. The minimum Gasteiger partial charge on any atom is -0.505 e. The zero-order chi connectivity index (χ0) is 13.2. The standard InChI is InChI=1S/C8H6F3NO5/c1-16-6-4(17-8(9,10)11)2-3(13)5(12-6)7(14)15/h2,13H,1H3,(H,14,15). The molecule has 0 aliphatic carbocycles. The Hall–Kier alpha value is -2.19. The maximum atomic E-state index is 11.9. The van der Waals surface area contributed by atoms with Crippen LogP contribution in [0, 0.1) is 0 Å². The molecule has 0 radical (unpaired) electrons. The Morgan fingerprint density at radius 2 is 2.06 bits per heavy atom. The minimum atomic E-state index is -5.01. The molecule has 0 saturated carbocycles. The number of carboxylic acid groups (broad SMARTS) is 1. The summed E-state index contributed by atoms with van der Waals surface area (Å²) in [7, 11) is 0.980. The van der Waals surface area contributed by atoms with E-state index >= 15 is 0 Å². The van der Waals surface area contributed by atoms with Crippen LogP contribution in [0.3, 0.4) is 0 Å². The van der Waals surface area contributed by atoms with E-state index in [-0.39, 0.29) is 0 Å². The van der Waals surface area contributed by atoms with E-state index in [9.17, 15) is 18.0 Å². The third-order valence-corrected chi connectivity index (χ3v) is 1.56. The van der Waals surface area contributed by atoms with Gasteiger partial charge in [0, 0.05) is 6.07 Å². The van der Waals surface area contributed by atoms with Crippen LogP contribution in [0.2, 0.25) is 0 Å². The molecule has 0 aliphatic rings. The molecule has 0 amide bonds. The number of hydrogen-bond donors (Lipinski definition) is 2. The van der Waals surface area contributed by atoms with E-state index in [1.54, 1.807) is 0 Å². The number of nitrogens with zero attached hydrogens (tertiary/aromatic N) is 1. The van der Waals surface area contributed by atoms with E-state index in [4.69, 9.17) is 10.2 Å². The van der Waals surface area contributed by atoms with Gasteiger partial charge in [-0.3, -0.25) is 0 Å². The summed E-state index contributed by atoms with van der Waals surface area (Å²) in [5.74, 6) is -4.20. The quantitative estimate of drug-likeness (QED) is 0.846. The van der Waals surface area contributed by atoms with E-state index in [1.165, 1.54) is 0 Å². The molecule has 1 rings (SSSR count). The van der Waals surface area contributed by atoms with E-state index in [0.717, 1.165) is 7.11 Å². The molecule has 17 heavy (non-hydrogen) atoms. The smallest absolute Gasteiger partial charge is 0.505 e. The van der Waals surface area contributed by atoms with Gasteiger partial charge in [0.2, 0.25) is 0 Å². The number of carbonyl (C=O) groups is 1. The summed E-state index contributed by atoms with van der Waals surface area (Å²) < 4.78 is 43.8. The molecule has 0 saturated heterocycles. The number of aromatic hydroxyl groups is 1. The predicted octanol–water partition coefficient (Wildman–Crippen LogP) is 1.39. The number of aromatic nitrogens is 1. The second kappa shape index (κ2) is 4.36. The largest absolute Gasteiger partial charge is 0.573 e. The number of ether oxygens (including phenoxy) is 2. The number of aromatic carboxylic acids is 1. The van der Waals surface area contributed by atoms with E-state index in [1.807, 2.05) is 0 Å². The van der Waals surface area contributed by atoms with Gasteiger partial charge < -0.3 is 19.7 Å². The highest BCUT2D eigenvalue weighted by atomic mass is 19.4. The first-order valence-corrected chi connectivity index (χ1v) is 4.01. The van der Waals surface area contributed by atoms with Crippen molar-refractivity contribution in [1.82, 2.24) is 4.98 Å². The monoisotopic (exact) mass is 253 g/mol. The lowest BCUT2D eigenvalue weighted by atomic mass is 10.3. The average Bonchev–Trinajstić information content (AvgIpc) is 2.14. The summed E-state index contributed by atoms with van der Waals surface area (Å²) in [6.45, 7) is 0. The lowest BCUT2D eigenvalue weighted by Crippen LogP contribution is -2.18. The SMILES string of the molecule is COc1nc(C(=O)O)c(O)cc1OC(F)(F)F. The summed E-state index contributed by atoms with van der Waals surface area (Å²) in [6, 6.07) is 0.461. The van der Waals surface area contributed by atoms with Gasteiger partial charge in [-0.1, -0.05) is 0 Å². The number of pyridine rings is 1. The number of rotatable bonds is 3. The molecule has 0 spiro atoms. The van der Waals surface area contributed by atoms with Crippen LogP contribution in [-0.2, 0) is 0 Å². The first-order chi connectivity index (χ1) is 7.74.